The van der Waals surface area contributed by atoms with Crippen LogP contribution in [0.1, 0.15) is 21.5 Å². The number of nitrogens with one attached hydrogen (secondary N) is 1. The smallest absolute Gasteiger partial charge is 0.271 e. The van der Waals surface area contributed by atoms with Crippen LogP contribution >= 0.6 is 45.8 Å². The van der Waals surface area contributed by atoms with E-state index in [2.05, 4.69) is 33.1 Å². The van der Waals surface area contributed by atoms with Crippen molar-refractivity contribution in [1.29, 1.82) is 0 Å². The third kappa shape index (κ3) is 6.27. The van der Waals surface area contributed by atoms with Gasteiger partial charge in [-0.05, 0) is 82.2 Å². The molecule has 0 unspecified atom stereocenters. The summed E-state index contributed by atoms with van der Waals surface area (Å²) in [5.74, 6) is 1.38. The summed E-state index contributed by atoms with van der Waals surface area (Å²) < 4.78 is 17.4. The molecule has 0 saturated heterocycles. The summed E-state index contributed by atoms with van der Waals surface area (Å²) in [6, 6.07) is 15.8. The maximum absolute atomic E-state index is 12.3. The highest BCUT2D eigenvalue weighted by atomic mass is 127. The van der Waals surface area contributed by atoms with Crippen LogP contribution < -0.4 is 19.6 Å². The van der Waals surface area contributed by atoms with Crippen molar-refractivity contribution in [3.8, 4) is 17.2 Å². The molecular formula is C23H19Cl2IN2O4. The predicted octanol–water partition coefficient (Wildman–Crippen LogP) is 5.96. The molecule has 0 aromatic heterocycles. The van der Waals surface area contributed by atoms with E-state index in [4.69, 9.17) is 37.4 Å². The van der Waals surface area contributed by atoms with E-state index in [1.165, 1.54) is 6.21 Å². The fraction of sp³-hybridized carbons (Fsp3) is 0.130. The summed E-state index contributed by atoms with van der Waals surface area (Å²) in [5.41, 5.74) is 4.55. The molecule has 0 heterocycles. The van der Waals surface area contributed by atoms with Crippen LogP contribution in [0.5, 0.6) is 17.2 Å². The Hall–Kier alpha value is -2.49. The number of hydrogen-bond acceptors (Lipinski definition) is 5. The lowest BCUT2D eigenvalue weighted by atomic mass is 10.2. The molecule has 1 amide bonds. The van der Waals surface area contributed by atoms with Crippen LogP contribution in [0.3, 0.4) is 0 Å². The van der Waals surface area contributed by atoms with Crippen LogP contribution in [0, 0.1) is 3.57 Å². The molecule has 0 aliphatic heterocycles. The Morgan fingerprint density at radius 2 is 1.75 bits per heavy atom. The van der Waals surface area contributed by atoms with Gasteiger partial charge in [0.1, 0.15) is 12.4 Å². The zero-order valence-corrected chi connectivity index (χ0v) is 20.9. The molecule has 0 atom stereocenters. The molecule has 166 valence electrons. The maximum atomic E-state index is 12.3. The van der Waals surface area contributed by atoms with Gasteiger partial charge in [0.15, 0.2) is 11.5 Å². The van der Waals surface area contributed by atoms with E-state index in [1.807, 2.05) is 6.07 Å². The van der Waals surface area contributed by atoms with E-state index in [0.717, 1.165) is 14.7 Å². The highest BCUT2D eigenvalue weighted by Gasteiger charge is 2.09. The normalized spacial score (nSPS) is 10.8. The van der Waals surface area contributed by atoms with E-state index in [-0.39, 0.29) is 5.91 Å². The molecule has 0 spiro atoms. The predicted molar refractivity (Wildman–Crippen MR) is 135 cm³/mol. The third-order valence-corrected chi connectivity index (χ3v) is 5.99. The molecular weight excluding hydrogens is 566 g/mol. The van der Waals surface area contributed by atoms with E-state index in [0.29, 0.717) is 39.5 Å². The molecule has 0 fully saturated rings. The fourth-order valence-electron chi connectivity index (χ4n) is 2.71. The van der Waals surface area contributed by atoms with Gasteiger partial charge in [-0.15, -0.1) is 0 Å². The number of rotatable bonds is 8. The second kappa shape index (κ2) is 11.4. The zero-order chi connectivity index (χ0) is 23.1. The number of carbonyl (C=O) groups excluding carboxylic acids is 1. The van der Waals surface area contributed by atoms with Crippen molar-refractivity contribution in [2.45, 2.75) is 6.61 Å². The van der Waals surface area contributed by atoms with Gasteiger partial charge in [-0.2, -0.15) is 5.10 Å². The fourth-order valence-corrected chi connectivity index (χ4v) is 3.58. The summed E-state index contributed by atoms with van der Waals surface area (Å²) in [6.45, 7) is 0.302. The molecule has 32 heavy (non-hydrogen) atoms. The monoisotopic (exact) mass is 584 g/mol. The molecule has 6 nitrogen and oxygen atoms in total. The highest BCUT2D eigenvalue weighted by Crippen LogP contribution is 2.29. The molecule has 0 aliphatic carbocycles. The number of benzene rings is 3. The minimum atomic E-state index is -0.343. The van der Waals surface area contributed by atoms with Crippen molar-refractivity contribution in [3.05, 3.63) is 84.9 Å². The van der Waals surface area contributed by atoms with Crippen molar-refractivity contribution >= 4 is 57.9 Å². The van der Waals surface area contributed by atoms with Gasteiger partial charge in [0, 0.05) is 5.56 Å². The lowest BCUT2D eigenvalue weighted by Gasteiger charge is -2.12. The summed E-state index contributed by atoms with van der Waals surface area (Å²) >= 11 is 14.1. The van der Waals surface area contributed by atoms with Gasteiger partial charge in [0.2, 0.25) is 0 Å². The number of carbonyl (C=O) groups is 1. The molecule has 0 radical (unpaired) electrons. The Morgan fingerprint density at radius 3 is 2.47 bits per heavy atom. The van der Waals surface area contributed by atoms with Crippen molar-refractivity contribution in [3.63, 3.8) is 0 Å². The summed E-state index contributed by atoms with van der Waals surface area (Å²) in [6.07, 6.45) is 1.52. The molecule has 1 N–H and O–H groups in total. The first-order valence-corrected chi connectivity index (χ1v) is 11.2. The summed E-state index contributed by atoms with van der Waals surface area (Å²) in [7, 11) is 3.11. The lowest BCUT2D eigenvalue weighted by Crippen LogP contribution is -2.17. The Morgan fingerprint density at radius 1 is 0.969 bits per heavy atom. The number of methoxy groups -OCH3 is 2. The quantitative estimate of drug-likeness (QED) is 0.202. The zero-order valence-electron chi connectivity index (χ0n) is 17.2. The average molecular weight is 585 g/mol. The van der Waals surface area contributed by atoms with Crippen LogP contribution in [0.4, 0.5) is 0 Å². The molecule has 9 heteroatoms. The Kier molecular flexibility index (Phi) is 8.60. The number of amides is 1. The number of ether oxygens (including phenoxy) is 3. The van der Waals surface area contributed by atoms with Crippen molar-refractivity contribution in [1.82, 2.24) is 5.43 Å². The van der Waals surface area contributed by atoms with Gasteiger partial charge >= 0.3 is 0 Å². The molecule has 3 rings (SSSR count). The lowest BCUT2D eigenvalue weighted by molar-refractivity contribution is 0.0954. The van der Waals surface area contributed by atoms with Gasteiger partial charge in [-0.3, -0.25) is 4.79 Å². The van der Waals surface area contributed by atoms with Crippen molar-refractivity contribution < 1.29 is 19.0 Å². The molecule has 0 saturated carbocycles. The van der Waals surface area contributed by atoms with E-state index in [1.54, 1.807) is 62.8 Å². The molecule has 0 aliphatic rings. The van der Waals surface area contributed by atoms with Crippen molar-refractivity contribution in [2.75, 3.05) is 14.2 Å². The molecule has 0 bridgehead atoms. The minimum Gasteiger partial charge on any atom is -0.496 e. The number of hydrogen-bond donors (Lipinski definition) is 1. The SMILES string of the molecule is COc1cc(C(=O)N/N=C\c2ccc(OCc3ccc(Cl)c(Cl)c3)c(OC)c2)ccc1I. The van der Waals surface area contributed by atoms with E-state index in [9.17, 15) is 4.79 Å². The van der Waals surface area contributed by atoms with Crippen molar-refractivity contribution in [2.24, 2.45) is 5.10 Å². The number of halogens is 3. The highest BCUT2D eigenvalue weighted by molar-refractivity contribution is 14.1. The Balaban J connectivity index is 1.64. The van der Waals surface area contributed by atoms with Crippen LogP contribution in [0.15, 0.2) is 59.7 Å². The Bertz CT molecular complexity index is 1150. The van der Waals surface area contributed by atoms with Gasteiger partial charge < -0.3 is 14.2 Å². The number of hydrazone groups is 1. The van der Waals surface area contributed by atoms with Gasteiger partial charge in [0.05, 0.1) is 34.0 Å². The first-order valence-electron chi connectivity index (χ1n) is 9.33. The molecule has 3 aromatic rings. The second-order valence-corrected chi connectivity index (χ2v) is 8.47. The third-order valence-electron chi connectivity index (χ3n) is 4.36. The van der Waals surface area contributed by atoms with Crippen LogP contribution in [-0.4, -0.2) is 26.3 Å². The van der Waals surface area contributed by atoms with Crippen LogP contribution in [0.2, 0.25) is 10.0 Å². The first-order chi connectivity index (χ1) is 15.4. The topological polar surface area (TPSA) is 69.2 Å². The summed E-state index contributed by atoms with van der Waals surface area (Å²) in [4.78, 5) is 12.3. The Labute approximate surface area is 209 Å². The minimum absolute atomic E-state index is 0.302. The molecule has 3 aromatic carbocycles. The van der Waals surface area contributed by atoms with Gasteiger partial charge in [-0.1, -0.05) is 29.3 Å². The van der Waals surface area contributed by atoms with Crippen LogP contribution in [-0.2, 0) is 6.61 Å². The van der Waals surface area contributed by atoms with E-state index >= 15 is 0 Å². The average Bonchev–Trinajstić information content (AvgIpc) is 2.80. The second-order valence-electron chi connectivity index (χ2n) is 6.50. The first kappa shape index (κ1) is 24.2. The standard InChI is InChI=1S/C23H19Cl2IN2O4/c1-30-21-11-16(5-7-19(21)26)23(29)28-27-12-14-4-8-20(22(10-14)31-2)32-13-15-3-6-17(24)18(25)9-15/h3-12H,13H2,1-2H3,(H,28,29)/b27-12-. The largest absolute Gasteiger partial charge is 0.496 e. The summed E-state index contributed by atoms with van der Waals surface area (Å²) in [5, 5.41) is 4.98. The van der Waals surface area contributed by atoms with Gasteiger partial charge in [-0.25, -0.2) is 5.43 Å². The maximum Gasteiger partial charge on any atom is 0.271 e. The van der Waals surface area contributed by atoms with E-state index < -0.39 is 0 Å². The van der Waals surface area contributed by atoms with Gasteiger partial charge in [0.25, 0.3) is 5.91 Å². The van der Waals surface area contributed by atoms with Crippen LogP contribution in [0.25, 0.3) is 0 Å². The number of nitrogens with zero attached hydrogens (tertiary/aromatic N) is 1.